The molecule has 0 fully saturated rings. The van der Waals surface area contributed by atoms with E-state index in [0.717, 1.165) is 11.3 Å². The number of methoxy groups -OCH3 is 1. The first-order chi connectivity index (χ1) is 11.4. The minimum Gasteiger partial charge on any atom is -0.375 e. The predicted molar refractivity (Wildman–Crippen MR) is 88.9 cm³/mol. The van der Waals surface area contributed by atoms with Crippen LogP contribution in [0.2, 0.25) is 0 Å². The zero-order chi connectivity index (χ0) is 17.7. The Morgan fingerprint density at radius 1 is 1.42 bits per heavy atom. The second kappa shape index (κ2) is 7.92. The van der Waals surface area contributed by atoms with Gasteiger partial charge >= 0.3 is 6.03 Å². The van der Waals surface area contributed by atoms with Crippen LogP contribution in [0.1, 0.15) is 29.8 Å². The zero-order valence-corrected chi connectivity index (χ0v) is 14.3. The van der Waals surface area contributed by atoms with E-state index in [0.29, 0.717) is 12.1 Å². The summed E-state index contributed by atoms with van der Waals surface area (Å²) >= 11 is 0. The van der Waals surface area contributed by atoms with Crippen LogP contribution in [0.4, 0.5) is 9.18 Å². The number of ether oxygens (including phenoxy) is 1. The molecule has 0 bridgehead atoms. The molecule has 2 aromatic rings. The van der Waals surface area contributed by atoms with Crippen molar-refractivity contribution in [1.29, 1.82) is 0 Å². The van der Waals surface area contributed by atoms with E-state index in [1.165, 1.54) is 13.2 Å². The molecule has 2 atom stereocenters. The van der Waals surface area contributed by atoms with Gasteiger partial charge in [0.1, 0.15) is 11.9 Å². The highest BCUT2D eigenvalue weighted by atomic mass is 19.1. The van der Waals surface area contributed by atoms with Crippen LogP contribution in [0.3, 0.4) is 0 Å². The molecule has 2 rings (SSSR count). The van der Waals surface area contributed by atoms with E-state index in [2.05, 4.69) is 15.7 Å². The summed E-state index contributed by atoms with van der Waals surface area (Å²) in [6.07, 6.45) is 1.15. The summed E-state index contributed by atoms with van der Waals surface area (Å²) in [6.45, 7) is 4.08. The van der Waals surface area contributed by atoms with Gasteiger partial charge in [-0.3, -0.25) is 4.68 Å². The Morgan fingerprint density at radius 3 is 2.71 bits per heavy atom. The number of halogens is 1. The second-order valence-electron chi connectivity index (χ2n) is 5.67. The molecule has 7 heteroatoms. The van der Waals surface area contributed by atoms with Crippen LogP contribution in [0.25, 0.3) is 0 Å². The van der Waals surface area contributed by atoms with Crippen molar-refractivity contribution in [1.82, 2.24) is 20.4 Å². The Hall–Kier alpha value is -2.41. The molecule has 1 aromatic carbocycles. The quantitative estimate of drug-likeness (QED) is 0.852. The Labute approximate surface area is 141 Å². The second-order valence-corrected chi connectivity index (χ2v) is 5.67. The fourth-order valence-corrected chi connectivity index (χ4v) is 2.53. The van der Waals surface area contributed by atoms with E-state index in [1.807, 2.05) is 14.0 Å². The number of aryl methyl sites for hydroxylation is 1. The lowest BCUT2D eigenvalue weighted by atomic mass is 10.0. The molecule has 24 heavy (non-hydrogen) atoms. The van der Waals surface area contributed by atoms with Crippen molar-refractivity contribution in [2.75, 3.05) is 7.11 Å². The van der Waals surface area contributed by atoms with Crippen molar-refractivity contribution >= 4 is 6.03 Å². The first-order valence-corrected chi connectivity index (χ1v) is 7.73. The molecule has 1 aromatic heterocycles. The average Bonchev–Trinajstić information content (AvgIpc) is 2.87. The van der Waals surface area contributed by atoms with E-state index < -0.39 is 12.1 Å². The Morgan fingerprint density at radius 2 is 2.12 bits per heavy atom. The number of carbonyl (C=O) groups excluding carboxylic acids is 1. The molecule has 0 spiro atoms. The lowest BCUT2D eigenvalue weighted by Crippen LogP contribution is -2.43. The Kier molecular flexibility index (Phi) is 5.92. The van der Waals surface area contributed by atoms with Crippen LogP contribution in [-0.4, -0.2) is 29.0 Å². The zero-order valence-electron chi connectivity index (χ0n) is 14.3. The fourth-order valence-electron chi connectivity index (χ4n) is 2.53. The van der Waals surface area contributed by atoms with Gasteiger partial charge in [0.25, 0.3) is 0 Å². The van der Waals surface area contributed by atoms with E-state index in [-0.39, 0.29) is 11.8 Å². The summed E-state index contributed by atoms with van der Waals surface area (Å²) in [7, 11) is 3.34. The molecular weight excluding hydrogens is 311 g/mol. The molecule has 1 heterocycles. The van der Waals surface area contributed by atoms with Crippen molar-refractivity contribution in [2.45, 2.75) is 32.5 Å². The minimum absolute atomic E-state index is 0.343. The number of benzene rings is 1. The summed E-state index contributed by atoms with van der Waals surface area (Å²) in [5.74, 6) is -0.357. The van der Waals surface area contributed by atoms with Gasteiger partial charge in [-0.1, -0.05) is 18.2 Å². The minimum atomic E-state index is -0.572. The third-order valence-corrected chi connectivity index (χ3v) is 4.05. The van der Waals surface area contributed by atoms with Gasteiger partial charge in [0, 0.05) is 37.5 Å². The molecule has 0 saturated carbocycles. The summed E-state index contributed by atoms with van der Waals surface area (Å²) in [5, 5.41) is 9.69. The van der Waals surface area contributed by atoms with E-state index in [4.69, 9.17) is 4.74 Å². The van der Waals surface area contributed by atoms with Crippen LogP contribution in [0, 0.1) is 12.7 Å². The molecule has 0 unspecified atom stereocenters. The molecule has 0 aliphatic heterocycles. The molecule has 0 radical (unpaired) electrons. The monoisotopic (exact) mass is 334 g/mol. The number of urea groups is 1. The molecule has 2 amide bonds. The molecule has 0 aliphatic rings. The highest BCUT2D eigenvalue weighted by molar-refractivity contribution is 5.74. The van der Waals surface area contributed by atoms with Gasteiger partial charge in [0.05, 0.1) is 12.2 Å². The smallest absolute Gasteiger partial charge is 0.315 e. The van der Waals surface area contributed by atoms with Crippen LogP contribution in [-0.2, 0) is 18.3 Å². The number of hydrogen-bond acceptors (Lipinski definition) is 3. The standard InChI is InChI=1S/C17H23FN4O2/c1-11(16(24-4)14-7-5-6-8-15(14)18)21-17(23)19-9-13-10-20-22(3)12(13)2/h5-8,10-11,16H,9H2,1-4H3,(H2,19,21,23)/t11-,16+/m1/s1. The molecular formula is C17H23FN4O2. The van der Waals surface area contributed by atoms with E-state index >= 15 is 0 Å². The maximum absolute atomic E-state index is 13.9. The number of aromatic nitrogens is 2. The highest BCUT2D eigenvalue weighted by Gasteiger charge is 2.23. The Balaban J connectivity index is 1.95. The van der Waals surface area contributed by atoms with Gasteiger partial charge in [0.2, 0.25) is 0 Å². The average molecular weight is 334 g/mol. The van der Waals surface area contributed by atoms with Gasteiger partial charge in [-0.05, 0) is 19.9 Å². The van der Waals surface area contributed by atoms with Gasteiger partial charge in [-0.2, -0.15) is 5.10 Å². The highest BCUT2D eigenvalue weighted by Crippen LogP contribution is 2.23. The third-order valence-electron chi connectivity index (χ3n) is 4.05. The van der Waals surface area contributed by atoms with Gasteiger partial charge in [0.15, 0.2) is 0 Å². The van der Waals surface area contributed by atoms with Gasteiger partial charge in [-0.25, -0.2) is 9.18 Å². The molecule has 2 N–H and O–H groups in total. The van der Waals surface area contributed by atoms with Gasteiger partial charge < -0.3 is 15.4 Å². The van der Waals surface area contributed by atoms with Crippen LogP contribution in [0.5, 0.6) is 0 Å². The number of nitrogens with zero attached hydrogens (tertiary/aromatic N) is 2. The number of carbonyl (C=O) groups is 1. The van der Waals surface area contributed by atoms with Crippen molar-refractivity contribution in [2.24, 2.45) is 7.05 Å². The number of rotatable bonds is 6. The third kappa shape index (κ3) is 4.11. The maximum Gasteiger partial charge on any atom is 0.315 e. The van der Waals surface area contributed by atoms with Crippen LogP contribution >= 0.6 is 0 Å². The molecule has 6 nitrogen and oxygen atoms in total. The van der Waals surface area contributed by atoms with E-state index in [9.17, 15) is 9.18 Å². The summed E-state index contributed by atoms with van der Waals surface area (Å²) in [5.41, 5.74) is 2.35. The first kappa shape index (κ1) is 17.9. The number of hydrogen-bond donors (Lipinski definition) is 2. The van der Waals surface area contributed by atoms with E-state index in [1.54, 1.807) is 36.0 Å². The van der Waals surface area contributed by atoms with Crippen molar-refractivity contribution in [3.05, 3.63) is 53.1 Å². The summed E-state index contributed by atoms with van der Waals surface area (Å²) in [4.78, 5) is 12.1. The molecule has 0 aliphatic carbocycles. The molecule has 130 valence electrons. The topological polar surface area (TPSA) is 68.2 Å². The summed E-state index contributed by atoms with van der Waals surface area (Å²) in [6, 6.07) is 5.64. The van der Waals surface area contributed by atoms with Crippen molar-refractivity contribution in [3.63, 3.8) is 0 Å². The summed E-state index contributed by atoms with van der Waals surface area (Å²) < 4.78 is 21.0. The fraction of sp³-hybridized carbons (Fsp3) is 0.412. The first-order valence-electron chi connectivity index (χ1n) is 7.73. The normalized spacial score (nSPS) is 13.4. The van der Waals surface area contributed by atoms with Crippen LogP contribution < -0.4 is 10.6 Å². The predicted octanol–water partition coefficient (Wildman–Crippen LogP) is 2.44. The van der Waals surface area contributed by atoms with Crippen LogP contribution in [0.15, 0.2) is 30.5 Å². The SMILES string of the molecule is CO[C@H](c1ccccc1F)[C@@H](C)NC(=O)NCc1cnn(C)c1C. The largest absolute Gasteiger partial charge is 0.375 e. The number of nitrogens with one attached hydrogen (secondary N) is 2. The Bertz CT molecular complexity index is 702. The van der Waals surface area contributed by atoms with Crippen molar-refractivity contribution in [3.8, 4) is 0 Å². The lowest BCUT2D eigenvalue weighted by Gasteiger charge is -2.24. The maximum atomic E-state index is 13.9. The van der Waals surface area contributed by atoms with Crippen molar-refractivity contribution < 1.29 is 13.9 Å². The number of amides is 2. The molecule has 0 saturated heterocycles. The van der Waals surface area contributed by atoms with Gasteiger partial charge in [-0.15, -0.1) is 0 Å². The lowest BCUT2D eigenvalue weighted by molar-refractivity contribution is 0.0733.